The lowest BCUT2D eigenvalue weighted by Crippen LogP contribution is -2.50. The highest BCUT2D eigenvalue weighted by Gasteiger charge is 2.26. The van der Waals surface area contributed by atoms with Crippen molar-refractivity contribution in [2.75, 3.05) is 26.7 Å². The fourth-order valence-corrected chi connectivity index (χ4v) is 4.35. The largest absolute Gasteiger partial charge is 0.508 e. The number of guanidine groups is 1. The van der Waals surface area contributed by atoms with Gasteiger partial charge in [0.15, 0.2) is 5.96 Å². The van der Waals surface area contributed by atoms with E-state index in [1.807, 2.05) is 6.07 Å². The van der Waals surface area contributed by atoms with Crippen LogP contribution in [-0.4, -0.2) is 54.8 Å². The molecule has 1 aromatic rings. The highest BCUT2D eigenvalue weighted by Crippen LogP contribution is 2.26. The molecule has 0 atom stereocenters. The molecule has 0 aromatic heterocycles. The van der Waals surface area contributed by atoms with Gasteiger partial charge in [0, 0.05) is 37.3 Å². The maximum atomic E-state index is 10.1. The third-order valence-electron chi connectivity index (χ3n) is 6.00. The Morgan fingerprint density at radius 2 is 1.93 bits per heavy atom. The first-order chi connectivity index (χ1) is 13.7. The number of methoxy groups -OCH3 is 1. The second-order valence-corrected chi connectivity index (χ2v) is 7.94. The van der Waals surface area contributed by atoms with Gasteiger partial charge in [-0.05, 0) is 50.8 Å². The molecule has 156 valence electrons. The van der Waals surface area contributed by atoms with Crippen molar-refractivity contribution in [2.24, 2.45) is 4.99 Å². The minimum atomic E-state index is 0.251. The number of likely N-dealkylation sites (tertiary alicyclic amines) is 1. The second-order valence-electron chi connectivity index (χ2n) is 7.94. The van der Waals surface area contributed by atoms with E-state index in [1.54, 1.807) is 19.2 Å². The minimum absolute atomic E-state index is 0.251. The Balaban J connectivity index is 1.54. The van der Waals surface area contributed by atoms with Crippen molar-refractivity contribution in [3.63, 3.8) is 0 Å². The van der Waals surface area contributed by atoms with E-state index in [9.17, 15) is 5.11 Å². The summed E-state index contributed by atoms with van der Waals surface area (Å²) >= 11 is 0. The van der Waals surface area contributed by atoms with Crippen LogP contribution < -0.4 is 15.4 Å². The van der Waals surface area contributed by atoms with Crippen LogP contribution in [0.25, 0.3) is 0 Å². The van der Waals surface area contributed by atoms with E-state index in [-0.39, 0.29) is 5.75 Å². The summed E-state index contributed by atoms with van der Waals surface area (Å²) in [6.07, 6.45) is 9.29. The summed E-state index contributed by atoms with van der Waals surface area (Å²) in [5, 5.41) is 17.0. The number of nitrogens with one attached hydrogen (secondary N) is 2. The minimum Gasteiger partial charge on any atom is -0.508 e. The number of aliphatic imine (C=N–C) groups is 1. The van der Waals surface area contributed by atoms with Crippen LogP contribution in [0, 0.1) is 0 Å². The Morgan fingerprint density at radius 1 is 1.18 bits per heavy atom. The lowest BCUT2D eigenvalue weighted by atomic mass is 9.92. The maximum absolute atomic E-state index is 10.1. The Morgan fingerprint density at radius 3 is 2.61 bits per heavy atom. The molecule has 1 heterocycles. The Bertz CT molecular complexity index is 635. The molecule has 1 aliphatic carbocycles. The van der Waals surface area contributed by atoms with Crippen molar-refractivity contribution in [1.29, 1.82) is 0 Å². The van der Waals surface area contributed by atoms with Gasteiger partial charge in [-0.2, -0.15) is 0 Å². The molecule has 0 amide bonds. The molecular formula is C22H36N4O2. The number of hydrogen-bond acceptors (Lipinski definition) is 4. The van der Waals surface area contributed by atoms with Crippen LogP contribution in [0.5, 0.6) is 11.5 Å². The van der Waals surface area contributed by atoms with Crippen molar-refractivity contribution in [3.8, 4) is 11.5 Å². The molecule has 2 fully saturated rings. The monoisotopic (exact) mass is 388 g/mol. The van der Waals surface area contributed by atoms with Crippen molar-refractivity contribution < 1.29 is 9.84 Å². The average molecular weight is 389 g/mol. The van der Waals surface area contributed by atoms with Crippen LogP contribution in [0.4, 0.5) is 0 Å². The molecule has 0 unspecified atom stereocenters. The number of phenolic OH excluding ortho intramolecular Hbond substituents is 1. The molecule has 3 rings (SSSR count). The topological polar surface area (TPSA) is 69.1 Å². The van der Waals surface area contributed by atoms with Crippen LogP contribution >= 0.6 is 0 Å². The standard InChI is InChI=1S/C22H36N4O2/c1-3-23-22(24-16-17-15-20(28-2)9-10-21(17)27)25-18-11-13-26(14-12-18)19-7-5-4-6-8-19/h9-10,15,18-19,27H,3-8,11-14,16H2,1-2H3,(H2,23,24,25). The van der Waals surface area contributed by atoms with Gasteiger partial charge in [-0.3, -0.25) is 0 Å². The van der Waals surface area contributed by atoms with E-state index in [0.717, 1.165) is 42.7 Å². The Kier molecular flexibility index (Phi) is 7.83. The maximum Gasteiger partial charge on any atom is 0.191 e. The molecule has 3 N–H and O–H groups in total. The molecule has 28 heavy (non-hydrogen) atoms. The van der Waals surface area contributed by atoms with Gasteiger partial charge in [0.2, 0.25) is 0 Å². The molecular weight excluding hydrogens is 352 g/mol. The van der Waals surface area contributed by atoms with Gasteiger partial charge < -0.3 is 25.4 Å². The van der Waals surface area contributed by atoms with Gasteiger partial charge in [-0.15, -0.1) is 0 Å². The lowest BCUT2D eigenvalue weighted by Gasteiger charge is -2.39. The smallest absolute Gasteiger partial charge is 0.191 e. The highest BCUT2D eigenvalue weighted by molar-refractivity contribution is 5.80. The van der Waals surface area contributed by atoms with E-state index in [1.165, 1.54) is 45.2 Å². The summed E-state index contributed by atoms with van der Waals surface area (Å²) < 4.78 is 5.25. The van der Waals surface area contributed by atoms with Crippen LogP contribution in [0.2, 0.25) is 0 Å². The summed E-state index contributed by atoms with van der Waals surface area (Å²) in [6, 6.07) is 6.52. The first-order valence-corrected chi connectivity index (χ1v) is 10.8. The van der Waals surface area contributed by atoms with E-state index in [2.05, 4.69) is 27.4 Å². The SMILES string of the molecule is CCNC(=NCc1cc(OC)ccc1O)NC1CCN(C2CCCCC2)CC1. The van der Waals surface area contributed by atoms with Crippen LogP contribution in [-0.2, 0) is 6.54 Å². The van der Waals surface area contributed by atoms with Crippen molar-refractivity contribution >= 4 is 5.96 Å². The molecule has 0 bridgehead atoms. The molecule has 2 aliphatic rings. The number of hydrogen-bond donors (Lipinski definition) is 3. The zero-order chi connectivity index (χ0) is 19.8. The number of piperidine rings is 1. The number of rotatable bonds is 6. The van der Waals surface area contributed by atoms with E-state index < -0.39 is 0 Å². The summed E-state index contributed by atoms with van der Waals surface area (Å²) in [5.74, 6) is 1.80. The van der Waals surface area contributed by atoms with Gasteiger partial charge in [-0.1, -0.05) is 19.3 Å². The normalized spacial score (nSPS) is 20.1. The Hall–Kier alpha value is -1.95. The van der Waals surface area contributed by atoms with Crippen molar-refractivity contribution in [3.05, 3.63) is 23.8 Å². The van der Waals surface area contributed by atoms with Crippen LogP contribution in [0.3, 0.4) is 0 Å². The molecule has 1 aromatic carbocycles. The summed E-state index contributed by atoms with van der Waals surface area (Å²) in [4.78, 5) is 7.39. The van der Waals surface area contributed by atoms with Crippen molar-refractivity contribution in [1.82, 2.24) is 15.5 Å². The van der Waals surface area contributed by atoms with Gasteiger partial charge >= 0.3 is 0 Å². The summed E-state index contributed by atoms with van der Waals surface area (Å²) in [5.41, 5.74) is 0.767. The van der Waals surface area contributed by atoms with Gasteiger partial charge in [0.25, 0.3) is 0 Å². The number of nitrogens with zero attached hydrogens (tertiary/aromatic N) is 2. The van der Waals surface area contributed by atoms with Gasteiger partial charge in [-0.25, -0.2) is 4.99 Å². The fraction of sp³-hybridized carbons (Fsp3) is 0.682. The number of ether oxygens (including phenoxy) is 1. The molecule has 6 heteroatoms. The first kappa shape index (κ1) is 20.8. The Labute approximate surface area is 169 Å². The van der Waals surface area contributed by atoms with E-state index in [4.69, 9.17) is 4.74 Å². The fourth-order valence-electron chi connectivity index (χ4n) is 4.35. The molecule has 0 spiro atoms. The molecule has 1 aliphatic heterocycles. The van der Waals surface area contributed by atoms with E-state index >= 15 is 0 Å². The van der Waals surface area contributed by atoms with Gasteiger partial charge in [0.1, 0.15) is 11.5 Å². The second kappa shape index (κ2) is 10.6. The summed E-state index contributed by atoms with van der Waals surface area (Å²) in [7, 11) is 1.63. The third-order valence-corrected chi connectivity index (χ3v) is 6.00. The quantitative estimate of drug-likeness (QED) is 0.516. The first-order valence-electron chi connectivity index (χ1n) is 10.8. The summed E-state index contributed by atoms with van der Waals surface area (Å²) in [6.45, 7) is 5.67. The molecule has 0 radical (unpaired) electrons. The lowest BCUT2D eigenvalue weighted by molar-refractivity contribution is 0.119. The number of aromatic hydroxyl groups is 1. The zero-order valence-electron chi connectivity index (χ0n) is 17.4. The van der Waals surface area contributed by atoms with Crippen LogP contribution in [0.1, 0.15) is 57.4 Å². The van der Waals surface area contributed by atoms with E-state index in [0.29, 0.717) is 12.6 Å². The van der Waals surface area contributed by atoms with Crippen LogP contribution in [0.15, 0.2) is 23.2 Å². The molecule has 1 saturated carbocycles. The number of phenols is 1. The average Bonchev–Trinajstić information content (AvgIpc) is 2.74. The molecule has 1 saturated heterocycles. The highest BCUT2D eigenvalue weighted by atomic mass is 16.5. The van der Waals surface area contributed by atoms with Gasteiger partial charge in [0.05, 0.1) is 13.7 Å². The van der Waals surface area contributed by atoms with Crippen molar-refractivity contribution in [2.45, 2.75) is 70.5 Å². The number of benzene rings is 1. The molecule has 6 nitrogen and oxygen atoms in total. The zero-order valence-corrected chi connectivity index (χ0v) is 17.4. The third kappa shape index (κ3) is 5.77. The predicted octanol–water partition coefficient (Wildman–Crippen LogP) is 3.25. The predicted molar refractivity (Wildman–Crippen MR) is 114 cm³/mol.